The quantitative estimate of drug-likeness (QED) is 0.384. The highest BCUT2D eigenvalue weighted by molar-refractivity contribution is 6.04. The fourth-order valence-corrected chi connectivity index (χ4v) is 2.94. The number of benzene rings is 3. The number of carbonyl (C=O) groups excluding carboxylic acids is 2. The van der Waals surface area contributed by atoms with Gasteiger partial charge in [-0.05, 0) is 53.9 Å². The van der Waals surface area contributed by atoms with Crippen LogP contribution in [0.1, 0.15) is 46.9 Å². The molecule has 3 aromatic rings. The maximum absolute atomic E-state index is 12.5. The monoisotopic (exact) mass is 387 g/mol. The van der Waals surface area contributed by atoms with E-state index in [1.807, 2.05) is 42.5 Å². The second-order valence-electron chi connectivity index (χ2n) is 6.82. The number of hydrogen-bond acceptors (Lipinski definition) is 3. The molecule has 0 aliphatic carbocycles. The topological polar surface area (TPSA) is 55.4 Å². The molecule has 148 valence electrons. The van der Waals surface area contributed by atoms with Gasteiger partial charge in [-0.2, -0.15) is 0 Å². The van der Waals surface area contributed by atoms with Gasteiger partial charge in [0.15, 0.2) is 0 Å². The molecule has 0 aromatic heterocycles. The highest BCUT2D eigenvalue weighted by Gasteiger charge is 2.09. The molecule has 4 nitrogen and oxygen atoms in total. The molecule has 0 aliphatic heterocycles. The smallest absolute Gasteiger partial charge is 0.338 e. The van der Waals surface area contributed by atoms with E-state index >= 15 is 0 Å². The first-order valence-corrected chi connectivity index (χ1v) is 9.91. The van der Waals surface area contributed by atoms with E-state index in [0.29, 0.717) is 23.4 Å². The van der Waals surface area contributed by atoms with Gasteiger partial charge in [0.25, 0.3) is 5.91 Å². The van der Waals surface area contributed by atoms with Crippen LogP contribution >= 0.6 is 0 Å². The summed E-state index contributed by atoms with van der Waals surface area (Å²) in [4.78, 5) is 24.5. The number of carbonyl (C=O) groups is 2. The average Bonchev–Trinajstić information content (AvgIpc) is 2.78. The number of hydrogen-bond donors (Lipinski definition) is 1. The normalized spacial score (nSPS) is 10.4. The Hall–Kier alpha value is -3.40. The number of amides is 1. The third-order valence-electron chi connectivity index (χ3n) is 4.61. The summed E-state index contributed by atoms with van der Waals surface area (Å²) in [5.74, 6) is -0.532. The van der Waals surface area contributed by atoms with Gasteiger partial charge in [0.1, 0.15) is 0 Å². The molecule has 0 unspecified atom stereocenters. The molecule has 0 saturated heterocycles. The molecule has 0 atom stereocenters. The Labute approximate surface area is 171 Å². The lowest BCUT2D eigenvalue weighted by molar-refractivity contribution is 0.0498. The van der Waals surface area contributed by atoms with Crippen molar-refractivity contribution in [3.8, 4) is 11.1 Å². The largest absolute Gasteiger partial charge is 0.462 e. The van der Waals surface area contributed by atoms with E-state index in [4.69, 9.17) is 4.74 Å². The van der Waals surface area contributed by atoms with Gasteiger partial charge < -0.3 is 10.1 Å². The van der Waals surface area contributed by atoms with Crippen LogP contribution in [0.25, 0.3) is 11.1 Å². The zero-order valence-electron chi connectivity index (χ0n) is 16.6. The van der Waals surface area contributed by atoms with Crippen molar-refractivity contribution in [3.05, 3.63) is 90.0 Å². The van der Waals surface area contributed by atoms with E-state index in [0.717, 1.165) is 30.4 Å². The number of ether oxygens (including phenoxy) is 1. The Morgan fingerprint density at radius 2 is 1.38 bits per heavy atom. The van der Waals surface area contributed by atoms with E-state index < -0.39 is 0 Å². The molecule has 0 bridgehead atoms. The van der Waals surface area contributed by atoms with Crippen LogP contribution in [0, 0.1) is 0 Å². The minimum absolute atomic E-state index is 0.195. The predicted octanol–water partition coefficient (Wildman–Crippen LogP) is 5.95. The van der Waals surface area contributed by atoms with Crippen LogP contribution in [-0.2, 0) is 4.74 Å². The van der Waals surface area contributed by atoms with Crippen LogP contribution in [-0.4, -0.2) is 18.5 Å². The number of rotatable bonds is 8. The molecule has 3 aromatic carbocycles. The predicted molar refractivity (Wildman–Crippen MR) is 116 cm³/mol. The summed E-state index contributed by atoms with van der Waals surface area (Å²) >= 11 is 0. The van der Waals surface area contributed by atoms with Crippen molar-refractivity contribution in [2.75, 3.05) is 11.9 Å². The first-order valence-electron chi connectivity index (χ1n) is 9.91. The van der Waals surface area contributed by atoms with Gasteiger partial charge in [-0.1, -0.05) is 62.2 Å². The first kappa shape index (κ1) is 20.3. The lowest BCUT2D eigenvalue weighted by atomic mass is 10.0. The lowest BCUT2D eigenvalue weighted by Gasteiger charge is -2.08. The van der Waals surface area contributed by atoms with Crippen molar-refractivity contribution in [2.24, 2.45) is 0 Å². The zero-order valence-corrected chi connectivity index (χ0v) is 16.6. The standard InChI is InChI=1S/C25H25NO3/c1-2-3-7-18-29-25(28)22-14-16-23(17-15-22)26-24(27)21-12-10-20(11-13-21)19-8-5-4-6-9-19/h4-6,8-17H,2-3,7,18H2,1H3,(H,26,27). The Kier molecular flexibility index (Phi) is 7.17. The molecular weight excluding hydrogens is 362 g/mol. The average molecular weight is 387 g/mol. The number of esters is 1. The molecule has 0 aliphatic rings. The van der Waals surface area contributed by atoms with Crippen molar-refractivity contribution in [3.63, 3.8) is 0 Å². The van der Waals surface area contributed by atoms with Crippen molar-refractivity contribution >= 4 is 17.6 Å². The highest BCUT2D eigenvalue weighted by Crippen LogP contribution is 2.20. The van der Waals surface area contributed by atoms with E-state index in [1.54, 1.807) is 36.4 Å². The van der Waals surface area contributed by atoms with E-state index in [-0.39, 0.29) is 11.9 Å². The summed E-state index contributed by atoms with van der Waals surface area (Å²) in [7, 11) is 0. The first-order chi connectivity index (χ1) is 14.2. The molecule has 1 N–H and O–H groups in total. The molecule has 0 fully saturated rings. The fraction of sp³-hybridized carbons (Fsp3) is 0.200. The van der Waals surface area contributed by atoms with Crippen LogP contribution < -0.4 is 5.32 Å². The second-order valence-corrected chi connectivity index (χ2v) is 6.82. The highest BCUT2D eigenvalue weighted by atomic mass is 16.5. The van der Waals surface area contributed by atoms with Crippen molar-refractivity contribution in [1.29, 1.82) is 0 Å². The van der Waals surface area contributed by atoms with Crippen LogP contribution in [0.3, 0.4) is 0 Å². The molecule has 29 heavy (non-hydrogen) atoms. The molecule has 4 heteroatoms. The Morgan fingerprint density at radius 3 is 2.03 bits per heavy atom. The second kappa shape index (κ2) is 10.2. The maximum atomic E-state index is 12.5. The Balaban J connectivity index is 1.57. The van der Waals surface area contributed by atoms with Gasteiger partial charge in [0.2, 0.25) is 0 Å². The molecular formula is C25H25NO3. The summed E-state index contributed by atoms with van der Waals surface area (Å²) in [5.41, 5.74) is 3.85. The molecule has 0 spiro atoms. The number of unbranched alkanes of at least 4 members (excludes halogenated alkanes) is 2. The third-order valence-corrected chi connectivity index (χ3v) is 4.61. The lowest BCUT2D eigenvalue weighted by Crippen LogP contribution is -2.12. The summed E-state index contributed by atoms with van der Waals surface area (Å²) in [5, 5.41) is 2.85. The molecule has 0 saturated carbocycles. The minimum Gasteiger partial charge on any atom is -0.462 e. The third kappa shape index (κ3) is 5.79. The van der Waals surface area contributed by atoms with Crippen LogP contribution in [0.4, 0.5) is 5.69 Å². The number of nitrogens with one attached hydrogen (secondary N) is 1. The van der Waals surface area contributed by atoms with E-state index in [2.05, 4.69) is 12.2 Å². The van der Waals surface area contributed by atoms with Gasteiger partial charge in [-0.25, -0.2) is 4.79 Å². The molecule has 0 radical (unpaired) electrons. The summed E-state index contributed by atoms with van der Waals surface area (Å²) in [6.45, 7) is 2.54. The van der Waals surface area contributed by atoms with E-state index in [1.165, 1.54) is 0 Å². The van der Waals surface area contributed by atoms with Gasteiger partial charge in [-0.15, -0.1) is 0 Å². The van der Waals surface area contributed by atoms with Crippen LogP contribution in [0.2, 0.25) is 0 Å². The zero-order chi connectivity index (χ0) is 20.5. The van der Waals surface area contributed by atoms with Crippen molar-refractivity contribution in [1.82, 2.24) is 0 Å². The molecule has 3 rings (SSSR count). The van der Waals surface area contributed by atoms with Crippen LogP contribution in [0.15, 0.2) is 78.9 Å². The summed E-state index contributed by atoms with van der Waals surface area (Å²) in [6.07, 6.45) is 3.00. The SMILES string of the molecule is CCCCCOC(=O)c1ccc(NC(=O)c2ccc(-c3ccccc3)cc2)cc1. The van der Waals surface area contributed by atoms with Crippen LogP contribution in [0.5, 0.6) is 0 Å². The maximum Gasteiger partial charge on any atom is 0.338 e. The molecule has 0 heterocycles. The minimum atomic E-state index is -0.338. The Bertz CT molecular complexity index is 932. The van der Waals surface area contributed by atoms with E-state index in [9.17, 15) is 9.59 Å². The van der Waals surface area contributed by atoms with Crippen molar-refractivity contribution < 1.29 is 14.3 Å². The van der Waals surface area contributed by atoms with Crippen molar-refractivity contribution in [2.45, 2.75) is 26.2 Å². The fourth-order valence-electron chi connectivity index (χ4n) is 2.94. The van der Waals surface area contributed by atoms with Gasteiger partial charge in [0, 0.05) is 11.3 Å². The number of anilines is 1. The van der Waals surface area contributed by atoms with Gasteiger partial charge in [-0.3, -0.25) is 4.79 Å². The van der Waals surface area contributed by atoms with Gasteiger partial charge in [0.05, 0.1) is 12.2 Å². The summed E-state index contributed by atoms with van der Waals surface area (Å²) in [6, 6.07) is 24.2. The Morgan fingerprint density at radius 1 is 0.759 bits per heavy atom. The van der Waals surface area contributed by atoms with Gasteiger partial charge >= 0.3 is 5.97 Å². The summed E-state index contributed by atoms with van der Waals surface area (Å²) < 4.78 is 5.24. The molecule has 1 amide bonds.